The lowest BCUT2D eigenvalue weighted by molar-refractivity contribution is -0.132. The Bertz CT molecular complexity index is 586. The topological polar surface area (TPSA) is 61.4 Å². The van der Waals surface area contributed by atoms with Gasteiger partial charge in [0.15, 0.2) is 0 Å². The third-order valence-corrected chi connectivity index (χ3v) is 4.36. The van der Waals surface area contributed by atoms with E-state index >= 15 is 0 Å². The summed E-state index contributed by atoms with van der Waals surface area (Å²) in [4.78, 5) is 25.2. The van der Waals surface area contributed by atoms with E-state index in [2.05, 4.69) is 42.7 Å². The fraction of sp³-hybridized carbons (Fsp3) is 0.556. The predicted molar refractivity (Wildman–Crippen MR) is 91.4 cm³/mol. The van der Waals surface area contributed by atoms with Crippen LogP contribution in [0.1, 0.15) is 36.5 Å². The number of aryl methyl sites for hydroxylation is 2. The number of amides is 3. The number of nitrogens with zero attached hydrogens (tertiary/aromatic N) is 1. The molecule has 1 heterocycles. The van der Waals surface area contributed by atoms with Crippen molar-refractivity contribution in [2.45, 2.75) is 52.1 Å². The van der Waals surface area contributed by atoms with Gasteiger partial charge in [0.05, 0.1) is 0 Å². The van der Waals surface area contributed by atoms with E-state index in [1.54, 1.807) is 11.9 Å². The van der Waals surface area contributed by atoms with Crippen molar-refractivity contribution < 1.29 is 9.59 Å². The highest BCUT2D eigenvalue weighted by molar-refractivity contribution is 5.78. The first-order valence-electron chi connectivity index (χ1n) is 8.22. The molecule has 1 aromatic carbocycles. The molecule has 3 amide bonds. The summed E-state index contributed by atoms with van der Waals surface area (Å²) >= 11 is 0. The standard InChI is InChI=1S/C18H27N3O2/c1-12-5-6-15(13(2)9-12)10-14(3)19-18(23)20-16-7-8-17(22)21(4)11-16/h5-6,9,14,16H,7-8,10-11H2,1-4H3,(H2,19,20,23)/t14-,16+/m1/s1. The van der Waals surface area contributed by atoms with Gasteiger partial charge >= 0.3 is 6.03 Å². The number of likely N-dealkylation sites (tertiary alicyclic amines) is 1. The molecule has 0 unspecified atom stereocenters. The van der Waals surface area contributed by atoms with Gasteiger partial charge in [-0.05, 0) is 44.7 Å². The summed E-state index contributed by atoms with van der Waals surface area (Å²) in [7, 11) is 1.77. The van der Waals surface area contributed by atoms with E-state index in [1.807, 2.05) is 6.92 Å². The second kappa shape index (κ2) is 7.49. The molecule has 0 spiro atoms. The molecule has 2 rings (SSSR count). The van der Waals surface area contributed by atoms with Crippen LogP contribution in [0.4, 0.5) is 4.79 Å². The molecule has 5 heteroatoms. The van der Waals surface area contributed by atoms with Gasteiger partial charge in [-0.1, -0.05) is 23.8 Å². The Kier molecular flexibility index (Phi) is 5.64. The minimum atomic E-state index is -0.157. The number of hydrogen-bond donors (Lipinski definition) is 2. The van der Waals surface area contributed by atoms with E-state index in [9.17, 15) is 9.59 Å². The maximum atomic E-state index is 12.1. The summed E-state index contributed by atoms with van der Waals surface area (Å²) in [5, 5.41) is 5.96. The number of hydrogen-bond acceptors (Lipinski definition) is 2. The maximum Gasteiger partial charge on any atom is 0.315 e. The lowest BCUT2D eigenvalue weighted by Gasteiger charge is -2.30. The Morgan fingerprint density at radius 1 is 1.39 bits per heavy atom. The zero-order chi connectivity index (χ0) is 17.0. The molecule has 0 saturated carbocycles. The zero-order valence-corrected chi connectivity index (χ0v) is 14.5. The first kappa shape index (κ1) is 17.3. The number of urea groups is 1. The van der Waals surface area contributed by atoms with Gasteiger partial charge in [0, 0.05) is 32.1 Å². The van der Waals surface area contributed by atoms with Crippen LogP contribution in [0.5, 0.6) is 0 Å². The van der Waals surface area contributed by atoms with Crippen LogP contribution in [-0.2, 0) is 11.2 Å². The van der Waals surface area contributed by atoms with Gasteiger partial charge in [-0.25, -0.2) is 4.79 Å². The van der Waals surface area contributed by atoms with Crippen molar-refractivity contribution in [3.8, 4) is 0 Å². The van der Waals surface area contributed by atoms with Crippen LogP contribution in [0.15, 0.2) is 18.2 Å². The van der Waals surface area contributed by atoms with Gasteiger partial charge in [-0.2, -0.15) is 0 Å². The molecular weight excluding hydrogens is 290 g/mol. The van der Waals surface area contributed by atoms with E-state index in [0.29, 0.717) is 19.4 Å². The monoisotopic (exact) mass is 317 g/mol. The lowest BCUT2D eigenvalue weighted by Crippen LogP contribution is -2.52. The molecule has 0 radical (unpaired) electrons. The number of carbonyl (C=O) groups is 2. The van der Waals surface area contributed by atoms with Gasteiger partial charge < -0.3 is 15.5 Å². The normalized spacial score (nSPS) is 19.4. The van der Waals surface area contributed by atoms with Gasteiger partial charge in [-0.3, -0.25) is 4.79 Å². The number of carbonyl (C=O) groups excluding carboxylic acids is 2. The smallest absolute Gasteiger partial charge is 0.315 e. The van der Waals surface area contributed by atoms with Gasteiger partial charge in [0.1, 0.15) is 0 Å². The largest absolute Gasteiger partial charge is 0.344 e. The molecule has 126 valence electrons. The van der Waals surface area contributed by atoms with Crippen molar-refractivity contribution in [2.24, 2.45) is 0 Å². The number of rotatable bonds is 4. The van der Waals surface area contributed by atoms with Crippen molar-refractivity contribution in [1.82, 2.24) is 15.5 Å². The minimum Gasteiger partial charge on any atom is -0.344 e. The summed E-state index contributed by atoms with van der Waals surface area (Å²) in [6, 6.07) is 6.32. The fourth-order valence-electron chi connectivity index (χ4n) is 3.04. The molecule has 2 atom stereocenters. The average Bonchev–Trinajstić information content (AvgIpc) is 2.46. The van der Waals surface area contributed by atoms with Crippen molar-refractivity contribution in [2.75, 3.05) is 13.6 Å². The third kappa shape index (κ3) is 4.98. The highest BCUT2D eigenvalue weighted by Gasteiger charge is 2.24. The molecular formula is C18H27N3O2. The maximum absolute atomic E-state index is 12.1. The number of benzene rings is 1. The Morgan fingerprint density at radius 2 is 2.13 bits per heavy atom. The summed E-state index contributed by atoms with van der Waals surface area (Å²) in [5.74, 6) is 0.145. The quantitative estimate of drug-likeness (QED) is 0.894. The van der Waals surface area contributed by atoms with E-state index in [4.69, 9.17) is 0 Å². The van der Waals surface area contributed by atoms with E-state index in [1.165, 1.54) is 16.7 Å². The Balaban J connectivity index is 1.81. The number of likely N-dealkylation sites (N-methyl/N-ethyl adjacent to an activating group) is 1. The average molecular weight is 317 g/mol. The van der Waals surface area contributed by atoms with E-state index < -0.39 is 0 Å². The first-order chi connectivity index (χ1) is 10.8. The summed E-state index contributed by atoms with van der Waals surface area (Å²) in [5.41, 5.74) is 3.76. The van der Waals surface area contributed by atoms with Crippen molar-refractivity contribution in [3.63, 3.8) is 0 Å². The lowest BCUT2D eigenvalue weighted by atomic mass is 10.00. The first-order valence-corrected chi connectivity index (χ1v) is 8.22. The second-order valence-corrected chi connectivity index (χ2v) is 6.66. The third-order valence-electron chi connectivity index (χ3n) is 4.36. The zero-order valence-electron chi connectivity index (χ0n) is 14.5. The van der Waals surface area contributed by atoms with Crippen LogP contribution < -0.4 is 10.6 Å². The van der Waals surface area contributed by atoms with Crippen LogP contribution in [0.25, 0.3) is 0 Å². The fourth-order valence-corrected chi connectivity index (χ4v) is 3.04. The molecule has 1 aliphatic rings. The van der Waals surface area contributed by atoms with E-state index in [-0.39, 0.29) is 24.0 Å². The van der Waals surface area contributed by atoms with Crippen molar-refractivity contribution in [1.29, 1.82) is 0 Å². The highest BCUT2D eigenvalue weighted by atomic mass is 16.2. The summed E-state index contributed by atoms with van der Waals surface area (Å²) in [6.45, 7) is 6.77. The minimum absolute atomic E-state index is 0.0333. The molecule has 0 aliphatic carbocycles. The van der Waals surface area contributed by atoms with Crippen LogP contribution in [0.2, 0.25) is 0 Å². The number of piperidine rings is 1. The molecule has 23 heavy (non-hydrogen) atoms. The molecule has 1 aromatic rings. The number of nitrogens with one attached hydrogen (secondary N) is 2. The molecule has 1 fully saturated rings. The summed E-state index contributed by atoms with van der Waals surface area (Å²) in [6.07, 6.45) is 2.02. The van der Waals surface area contributed by atoms with Crippen LogP contribution in [0.3, 0.4) is 0 Å². The molecule has 2 N–H and O–H groups in total. The van der Waals surface area contributed by atoms with Crippen molar-refractivity contribution in [3.05, 3.63) is 34.9 Å². The highest BCUT2D eigenvalue weighted by Crippen LogP contribution is 2.13. The molecule has 1 aliphatic heterocycles. The molecule has 0 aromatic heterocycles. The van der Waals surface area contributed by atoms with Crippen LogP contribution in [-0.4, -0.2) is 42.5 Å². The van der Waals surface area contributed by atoms with E-state index in [0.717, 1.165) is 6.42 Å². The molecule has 1 saturated heterocycles. The Hall–Kier alpha value is -2.04. The van der Waals surface area contributed by atoms with Gasteiger partial charge in [0.25, 0.3) is 0 Å². The van der Waals surface area contributed by atoms with Crippen molar-refractivity contribution >= 4 is 11.9 Å². The molecule has 5 nitrogen and oxygen atoms in total. The van der Waals surface area contributed by atoms with Crippen LogP contribution >= 0.6 is 0 Å². The SMILES string of the molecule is Cc1ccc(C[C@@H](C)NC(=O)N[C@H]2CCC(=O)N(C)C2)c(C)c1. The molecule has 0 bridgehead atoms. The predicted octanol–water partition coefficient (Wildman–Crippen LogP) is 2.15. The van der Waals surface area contributed by atoms with Crippen LogP contribution in [0, 0.1) is 13.8 Å². The summed E-state index contributed by atoms with van der Waals surface area (Å²) < 4.78 is 0. The second-order valence-electron chi connectivity index (χ2n) is 6.66. The van der Waals surface area contributed by atoms with Gasteiger partial charge in [-0.15, -0.1) is 0 Å². The Morgan fingerprint density at radius 3 is 2.78 bits per heavy atom. The Labute approximate surface area is 138 Å². The van der Waals surface area contributed by atoms with Gasteiger partial charge in [0.2, 0.25) is 5.91 Å².